The maximum Gasteiger partial charge on any atom is 0.223 e. The van der Waals surface area contributed by atoms with Gasteiger partial charge < -0.3 is 15.0 Å². The number of amides is 2. The van der Waals surface area contributed by atoms with Crippen molar-refractivity contribution in [3.63, 3.8) is 0 Å². The van der Waals surface area contributed by atoms with E-state index in [9.17, 15) is 9.59 Å². The topological polar surface area (TPSA) is 58.6 Å². The summed E-state index contributed by atoms with van der Waals surface area (Å²) < 4.78 is 5.54. The van der Waals surface area contributed by atoms with Crippen LogP contribution in [0.1, 0.15) is 61.3 Å². The SMILES string of the molecule is COc1ccccc1[C@H]1CCCN1C(=O)CC[C@@]1(Cc2ccc(C)cc2)CCC(=O)N1. The number of ether oxygens (including phenoxy) is 1. The molecule has 5 nitrogen and oxygen atoms in total. The number of carbonyl (C=O) groups is 2. The Morgan fingerprint density at radius 3 is 2.68 bits per heavy atom. The van der Waals surface area contributed by atoms with Crippen molar-refractivity contribution < 1.29 is 14.3 Å². The summed E-state index contributed by atoms with van der Waals surface area (Å²) in [6.07, 6.45) is 5.15. The molecular formula is C26H32N2O3. The fourth-order valence-corrected chi connectivity index (χ4v) is 5.10. The molecule has 4 rings (SSSR count). The Bertz CT molecular complexity index is 940. The number of benzene rings is 2. The molecule has 5 heteroatoms. The van der Waals surface area contributed by atoms with Crippen LogP contribution < -0.4 is 10.1 Å². The molecule has 0 bridgehead atoms. The molecule has 0 aromatic heterocycles. The highest BCUT2D eigenvalue weighted by molar-refractivity contribution is 5.80. The Morgan fingerprint density at radius 2 is 1.97 bits per heavy atom. The normalized spacial score (nSPS) is 23.1. The van der Waals surface area contributed by atoms with Gasteiger partial charge in [-0.15, -0.1) is 0 Å². The Morgan fingerprint density at radius 1 is 1.19 bits per heavy atom. The van der Waals surface area contributed by atoms with E-state index in [4.69, 9.17) is 4.74 Å². The fourth-order valence-electron chi connectivity index (χ4n) is 5.10. The summed E-state index contributed by atoms with van der Waals surface area (Å²) in [6.45, 7) is 2.85. The summed E-state index contributed by atoms with van der Waals surface area (Å²) >= 11 is 0. The molecule has 2 aromatic carbocycles. The molecule has 2 heterocycles. The van der Waals surface area contributed by atoms with Crippen molar-refractivity contribution >= 4 is 11.8 Å². The van der Waals surface area contributed by atoms with E-state index in [2.05, 4.69) is 42.6 Å². The third-order valence-electron chi connectivity index (χ3n) is 6.79. The maximum atomic E-state index is 13.3. The number of nitrogens with zero attached hydrogens (tertiary/aromatic N) is 1. The molecule has 2 atom stereocenters. The van der Waals surface area contributed by atoms with E-state index in [1.807, 2.05) is 23.1 Å². The molecule has 2 saturated heterocycles. The summed E-state index contributed by atoms with van der Waals surface area (Å²) in [5, 5.41) is 3.21. The standard InChI is InChI=1S/C26H32N2O3/c1-19-9-11-20(12-10-19)18-26(15-13-24(29)27-26)16-14-25(30)28-17-5-7-22(28)21-6-3-4-8-23(21)31-2/h3-4,6,8-12,22H,5,7,13-18H2,1-2H3,(H,27,29)/t22-,26-/m1/s1. The molecule has 2 aliphatic heterocycles. The highest BCUT2D eigenvalue weighted by atomic mass is 16.5. The van der Waals surface area contributed by atoms with Crippen molar-refractivity contribution in [1.82, 2.24) is 10.2 Å². The van der Waals surface area contributed by atoms with Crippen LogP contribution >= 0.6 is 0 Å². The highest BCUT2D eigenvalue weighted by Crippen LogP contribution is 2.38. The molecule has 0 spiro atoms. The molecule has 1 N–H and O–H groups in total. The zero-order chi connectivity index (χ0) is 21.8. The number of para-hydroxylation sites is 1. The van der Waals surface area contributed by atoms with Gasteiger partial charge in [-0.2, -0.15) is 0 Å². The van der Waals surface area contributed by atoms with Gasteiger partial charge in [-0.25, -0.2) is 0 Å². The largest absolute Gasteiger partial charge is 0.496 e. The molecule has 2 fully saturated rings. The Labute approximate surface area is 184 Å². The smallest absolute Gasteiger partial charge is 0.223 e. The lowest BCUT2D eigenvalue weighted by atomic mass is 9.84. The van der Waals surface area contributed by atoms with Crippen LogP contribution in [0.15, 0.2) is 48.5 Å². The summed E-state index contributed by atoms with van der Waals surface area (Å²) in [4.78, 5) is 27.4. The Kier molecular flexibility index (Phi) is 6.30. The molecule has 0 radical (unpaired) electrons. The van der Waals surface area contributed by atoms with E-state index < -0.39 is 0 Å². The van der Waals surface area contributed by atoms with Gasteiger partial charge in [-0.05, 0) is 50.7 Å². The lowest BCUT2D eigenvalue weighted by molar-refractivity contribution is -0.132. The first kappa shape index (κ1) is 21.4. The van der Waals surface area contributed by atoms with Crippen LogP contribution in [-0.2, 0) is 16.0 Å². The first-order chi connectivity index (χ1) is 15.0. The summed E-state index contributed by atoms with van der Waals surface area (Å²) in [6, 6.07) is 16.5. The van der Waals surface area contributed by atoms with E-state index in [-0.39, 0.29) is 23.4 Å². The highest BCUT2D eigenvalue weighted by Gasteiger charge is 2.39. The lowest BCUT2D eigenvalue weighted by Crippen LogP contribution is -2.45. The van der Waals surface area contributed by atoms with Crippen LogP contribution in [0.4, 0.5) is 0 Å². The minimum Gasteiger partial charge on any atom is -0.496 e. The van der Waals surface area contributed by atoms with Gasteiger partial charge in [0.15, 0.2) is 0 Å². The molecule has 0 saturated carbocycles. The summed E-state index contributed by atoms with van der Waals surface area (Å²) in [7, 11) is 1.68. The van der Waals surface area contributed by atoms with Gasteiger partial charge in [-0.3, -0.25) is 9.59 Å². The van der Waals surface area contributed by atoms with Gasteiger partial charge in [0.25, 0.3) is 0 Å². The van der Waals surface area contributed by atoms with Gasteiger partial charge in [0.05, 0.1) is 13.2 Å². The van der Waals surface area contributed by atoms with Crippen molar-refractivity contribution in [1.29, 1.82) is 0 Å². The number of methoxy groups -OCH3 is 1. The molecule has 2 amide bonds. The number of likely N-dealkylation sites (tertiary alicyclic amines) is 1. The van der Waals surface area contributed by atoms with E-state index in [1.165, 1.54) is 11.1 Å². The zero-order valence-electron chi connectivity index (χ0n) is 18.5. The second-order valence-electron chi connectivity index (χ2n) is 8.98. The van der Waals surface area contributed by atoms with Crippen LogP contribution in [0.25, 0.3) is 0 Å². The van der Waals surface area contributed by atoms with Crippen LogP contribution in [-0.4, -0.2) is 35.9 Å². The number of hydrogen-bond acceptors (Lipinski definition) is 3. The summed E-state index contributed by atoms with van der Waals surface area (Å²) in [5.74, 6) is 1.09. The predicted molar refractivity (Wildman–Crippen MR) is 121 cm³/mol. The fraction of sp³-hybridized carbons (Fsp3) is 0.462. The van der Waals surface area contributed by atoms with Gasteiger partial charge in [0.1, 0.15) is 5.75 Å². The van der Waals surface area contributed by atoms with Crippen molar-refractivity contribution in [3.05, 3.63) is 65.2 Å². The molecular weight excluding hydrogens is 388 g/mol. The summed E-state index contributed by atoms with van der Waals surface area (Å²) in [5.41, 5.74) is 3.18. The van der Waals surface area contributed by atoms with Gasteiger partial charge in [0, 0.05) is 30.5 Å². The average molecular weight is 421 g/mol. The maximum absolute atomic E-state index is 13.3. The molecule has 2 aromatic rings. The van der Waals surface area contributed by atoms with E-state index in [1.54, 1.807) is 7.11 Å². The van der Waals surface area contributed by atoms with Crippen LogP contribution in [0, 0.1) is 6.92 Å². The molecule has 2 aliphatic rings. The molecule has 0 aliphatic carbocycles. The number of hydrogen-bond donors (Lipinski definition) is 1. The predicted octanol–water partition coefficient (Wildman–Crippen LogP) is 4.34. The first-order valence-electron chi connectivity index (χ1n) is 11.3. The van der Waals surface area contributed by atoms with Gasteiger partial charge >= 0.3 is 0 Å². The molecule has 0 unspecified atom stereocenters. The van der Waals surface area contributed by atoms with Crippen molar-refractivity contribution in [2.75, 3.05) is 13.7 Å². The molecule has 164 valence electrons. The number of rotatable bonds is 7. The average Bonchev–Trinajstić information content (AvgIpc) is 3.41. The van der Waals surface area contributed by atoms with Crippen molar-refractivity contribution in [3.8, 4) is 5.75 Å². The van der Waals surface area contributed by atoms with Crippen molar-refractivity contribution in [2.45, 2.75) is 63.5 Å². The number of nitrogens with one attached hydrogen (secondary N) is 1. The minimum absolute atomic E-state index is 0.0647. The number of aryl methyl sites for hydroxylation is 1. The Balaban J connectivity index is 1.46. The van der Waals surface area contributed by atoms with E-state index in [0.29, 0.717) is 19.3 Å². The zero-order valence-corrected chi connectivity index (χ0v) is 18.5. The lowest BCUT2D eigenvalue weighted by Gasteiger charge is -2.31. The minimum atomic E-state index is -0.332. The first-order valence-corrected chi connectivity index (χ1v) is 11.3. The molecule has 31 heavy (non-hydrogen) atoms. The van der Waals surface area contributed by atoms with Crippen LogP contribution in [0.5, 0.6) is 5.75 Å². The van der Waals surface area contributed by atoms with Crippen LogP contribution in [0.3, 0.4) is 0 Å². The van der Waals surface area contributed by atoms with Gasteiger partial charge in [0.2, 0.25) is 11.8 Å². The monoisotopic (exact) mass is 420 g/mol. The van der Waals surface area contributed by atoms with E-state index in [0.717, 1.165) is 43.5 Å². The van der Waals surface area contributed by atoms with E-state index >= 15 is 0 Å². The third kappa shape index (κ3) is 4.76. The number of carbonyl (C=O) groups excluding carboxylic acids is 2. The second kappa shape index (κ2) is 9.13. The Hall–Kier alpha value is -2.82. The third-order valence-corrected chi connectivity index (χ3v) is 6.79. The quantitative estimate of drug-likeness (QED) is 0.725. The van der Waals surface area contributed by atoms with Crippen molar-refractivity contribution in [2.24, 2.45) is 0 Å². The van der Waals surface area contributed by atoms with Crippen LogP contribution in [0.2, 0.25) is 0 Å². The van der Waals surface area contributed by atoms with Gasteiger partial charge in [-0.1, -0.05) is 48.0 Å². The second-order valence-corrected chi connectivity index (χ2v) is 8.98.